The van der Waals surface area contributed by atoms with Gasteiger partial charge in [0.15, 0.2) is 11.6 Å². The maximum Gasteiger partial charge on any atom is 0.410 e. The highest BCUT2D eigenvalue weighted by molar-refractivity contribution is 5.75. The van der Waals surface area contributed by atoms with E-state index >= 15 is 0 Å². The third-order valence-corrected chi connectivity index (χ3v) is 4.70. The van der Waals surface area contributed by atoms with Crippen molar-refractivity contribution in [3.8, 4) is 5.75 Å². The van der Waals surface area contributed by atoms with E-state index in [9.17, 15) is 19.1 Å². The Morgan fingerprint density at radius 3 is 2.56 bits per heavy atom. The summed E-state index contributed by atoms with van der Waals surface area (Å²) in [5.41, 5.74) is 1.35. The molecule has 0 saturated carbocycles. The summed E-state index contributed by atoms with van der Waals surface area (Å²) in [6.45, 7) is 0.271. The maximum atomic E-state index is 14.0. The van der Waals surface area contributed by atoms with Crippen LogP contribution < -0.4 is 4.74 Å². The standard InChI is InChI=1S/C20H20FNO5/c1-26-18-8-7-14(9-17(18)21)15-10-22(11-16(15)19(23)24)20(25)27-12-13-5-3-2-4-6-13/h2-9,15-16H,10-12H2,1H3,(H,23,24). The number of likely N-dealkylation sites (tertiary alicyclic amines) is 1. The first-order valence-corrected chi connectivity index (χ1v) is 8.51. The van der Waals surface area contributed by atoms with Gasteiger partial charge >= 0.3 is 12.1 Å². The molecule has 1 aliphatic rings. The van der Waals surface area contributed by atoms with Gasteiger partial charge in [0.05, 0.1) is 13.0 Å². The van der Waals surface area contributed by atoms with E-state index in [4.69, 9.17) is 9.47 Å². The minimum atomic E-state index is -1.03. The fraction of sp³-hybridized carbons (Fsp3) is 0.300. The van der Waals surface area contributed by atoms with Gasteiger partial charge in [-0.1, -0.05) is 36.4 Å². The zero-order chi connectivity index (χ0) is 19.4. The summed E-state index contributed by atoms with van der Waals surface area (Å²) in [5, 5.41) is 9.53. The number of hydrogen-bond acceptors (Lipinski definition) is 4. The van der Waals surface area contributed by atoms with Crippen molar-refractivity contribution in [2.24, 2.45) is 5.92 Å². The number of methoxy groups -OCH3 is 1. The number of carboxylic acids is 1. The third kappa shape index (κ3) is 4.19. The molecule has 0 radical (unpaired) electrons. The Kier molecular flexibility index (Phi) is 5.59. The highest BCUT2D eigenvalue weighted by Crippen LogP contribution is 2.35. The zero-order valence-corrected chi connectivity index (χ0v) is 14.8. The number of nitrogens with zero attached hydrogens (tertiary/aromatic N) is 1. The summed E-state index contributed by atoms with van der Waals surface area (Å²) < 4.78 is 24.2. The Morgan fingerprint density at radius 1 is 1.19 bits per heavy atom. The van der Waals surface area contributed by atoms with Gasteiger partial charge in [-0.3, -0.25) is 4.79 Å². The second kappa shape index (κ2) is 8.07. The Balaban J connectivity index is 1.71. The first-order valence-electron chi connectivity index (χ1n) is 8.51. The van der Waals surface area contributed by atoms with Crippen molar-refractivity contribution >= 4 is 12.1 Å². The topological polar surface area (TPSA) is 76.1 Å². The molecule has 1 aliphatic heterocycles. The van der Waals surface area contributed by atoms with Gasteiger partial charge < -0.3 is 19.5 Å². The van der Waals surface area contributed by atoms with Crippen molar-refractivity contribution in [1.82, 2.24) is 4.90 Å². The summed E-state index contributed by atoms with van der Waals surface area (Å²) in [5.74, 6) is -2.86. The molecular formula is C20H20FNO5. The average molecular weight is 373 g/mol. The number of ether oxygens (including phenoxy) is 2. The van der Waals surface area contributed by atoms with Crippen LogP contribution in [0.3, 0.4) is 0 Å². The minimum Gasteiger partial charge on any atom is -0.494 e. The number of halogens is 1. The predicted octanol–water partition coefficient (Wildman–Crippen LogP) is 3.27. The van der Waals surface area contributed by atoms with Crippen molar-refractivity contribution in [1.29, 1.82) is 0 Å². The van der Waals surface area contributed by atoms with Crippen LogP contribution in [0.25, 0.3) is 0 Å². The van der Waals surface area contributed by atoms with Crippen molar-refractivity contribution in [3.63, 3.8) is 0 Å². The van der Waals surface area contributed by atoms with E-state index in [1.165, 1.54) is 24.1 Å². The van der Waals surface area contributed by atoms with Gasteiger partial charge in [0.1, 0.15) is 6.61 Å². The molecule has 142 valence electrons. The highest BCUT2D eigenvalue weighted by Gasteiger charge is 2.41. The Labute approximate surface area is 156 Å². The van der Waals surface area contributed by atoms with E-state index in [0.717, 1.165) is 5.56 Å². The SMILES string of the molecule is COc1ccc(C2CN(C(=O)OCc3ccccc3)CC2C(=O)O)cc1F. The Bertz CT molecular complexity index is 826. The van der Waals surface area contributed by atoms with Crippen LogP contribution in [0.1, 0.15) is 17.0 Å². The van der Waals surface area contributed by atoms with Crippen molar-refractivity contribution in [2.45, 2.75) is 12.5 Å². The number of carbonyl (C=O) groups is 2. The molecule has 1 fully saturated rings. The molecule has 1 amide bonds. The van der Waals surface area contributed by atoms with Gasteiger partial charge in [-0.15, -0.1) is 0 Å². The molecule has 27 heavy (non-hydrogen) atoms. The van der Waals surface area contributed by atoms with Crippen LogP contribution in [0.4, 0.5) is 9.18 Å². The normalized spacial score (nSPS) is 19.0. The quantitative estimate of drug-likeness (QED) is 0.871. The number of rotatable bonds is 5. The molecule has 2 aromatic carbocycles. The van der Waals surface area contributed by atoms with Gasteiger partial charge in [0.25, 0.3) is 0 Å². The molecule has 0 aliphatic carbocycles. The Morgan fingerprint density at radius 2 is 1.93 bits per heavy atom. The lowest BCUT2D eigenvalue weighted by Gasteiger charge is -2.17. The molecule has 0 aromatic heterocycles. The lowest BCUT2D eigenvalue weighted by atomic mass is 9.89. The second-order valence-electron chi connectivity index (χ2n) is 6.39. The number of hydrogen-bond donors (Lipinski definition) is 1. The molecule has 2 unspecified atom stereocenters. The van der Waals surface area contributed by atoms with Crippen LogP contribution in [0.2, 0.25) is 0 Å². The summed E-state index contributed by atoms with van der Waals surface area (Å²) in [6, 6.07) is 13.6. The van der Waals surface area contributed by atoms with E-state index in [1.807, 2.05) is 30.3 Å². The molecule has 1 saturated heterocycles. The fourth-order valence-corrected chi connectivity index (χ4v) is 3.26. The smallest absolute Gasteiger partial charge is 0.410 e. The van der Waals surface area contributed by atoms with Gasteiger partial charge in [-0.25, -0.2) is 9.18 Å². The van der Waals surface area contributed by atoms with E-state index in [0.29, 0.717) is 5.56 Å². The Hall–Kier alpha value is -3.09. The second-order valence-corrected chi connectivity index (χ2v) is 6.39. The lowest BCUT2D eigenvalue weighted by Crippen LogP contribution is -2.30. The van der Waals surface area contributed by atoms with Crippen LogP contribution in [0.15, 0.2) is 48.5 Å². The molecule has 0 bridgehead atoms. The highest BCUT2D eigenvalue weighted by atomic mass is 19.1. The molecule has 1 heterocycles. The van der Waals surface area contributed by atoms with Crippen molar-refractivity contribution in [3.05, 3.63) is 65.5 Å². The van der Waals surface area contributed by atoms with Gasteiger partial charge in [-0.05, 0) is 23.3 Å². The molecular weight excluding hydrogens is 353 g/mol. The van der Waals surface area contributed by atoms with Crippen LogP contribution in [-0.2, 0) is 16.1 Å². The van der Waals surface area contributed by atoms with E-state index in [1.54, 1.807) is 6.07 Å². The molecule has 2 aromatic rings. The van der Waals surface area contributed by atoms with Crippen molar-refractivity contribution in [2.75, 3.05) is 20.2 Å². The molecule has 0 spiro atoms. The molecule has 6 nitrogen and oxygen atoms in total. The van der Waals surface area contributed by atoms with Crippen LogP contribution >= 0.6 is 0 Å². The first kappa shape index (κ1) is 18.7. The van der Waals surface area contributed by atoms with E-state index < -0.39 is 29.7 Å². The van der Waals surface area contributed by atoms with Crippen LogP contribution in [0, 0.1) is 11.7 Å². The molecule has 1 N–H and O–H groups in total. The first-order chi connectivity index (χ1) is 13.0. The summed E-state index contributed by atoms with van der Waals surface area (Å²) >= 11 is 0. The van der Waals surface area contributed by atoms with E-state index in [-0.39, 0.29) is 25.4 Å². The zero-order valence-electron chi connectivity index (χ0n) is 14.8. The van der Waals surface area contributed by atoms with Gasteiger partial charge in [0, 0.05) is 19.0 Å². The lowest BCUT2D eigenvalue weighted by molar-refractivity contribution is -0.141. The third-order valence-electron chi connectivity index (χ3n) is 4.70. The number of benzene rings is 2. The predicted molar refractivity (Wildman–Crippen MR) is 95.0 cm³/mol. The largest absolute Gasteiger partial charge is 0.494 e. The van der Waals surface area contributed by atoms with Crippen LogP contribution in [0.5, 0.6) is 5.75 Å². The summed E-state index contributed by atoms with van der Waals surface area (Å²) in [6.07, 6.45) is -0.582. The number of amides is 1. The van der Waals surface area contributed by atoms with E-state index in [2.05, 4.69) is 0 Å². The van der Waals surface area contributed by atoms with Gasteiger partial charge in [-0.2, -0.15) is 0 Å². The number of aliphatic carboxylic acids is 1. The van der Waals surface area contributed by atoms with Crippen molar-refractivity contribution < 1.29 is 28.6 Å². The number of carboxylic acid groups (broad SMARTS) is 1. The minimum absolute atomic E-state index is 0.0152. The molecule has 3 rings (SSSR count). The fourth-order valence-electron chi connectivity index (χ4n) is 3.26. The monoisotopic (exact) mass is 373 g/mol. The van der Waals surface area contributed by atoms with Crippen LogP contribution in [-0.4, -0.2) is 42.3 Å². The molecule has 7 heteroatoms. The average Bonchev–Trinajstić information content (AvgIpc) is 3.13. The maximum absolute atomic E-state index is 14.0. The summed E-state index contributed by atoms with van der Waals surface area (Å²) in [7, 11) is 1.36. The summed E-state index contributed by atoms with van der Waals surface area (Å²) in [4.78, 5) is 25.3. The molecule has 2 atom stereocenters. The number of carbonyl (C=O) groups excluding carboxylic acids is 1. The van der Waals surface area contributed by atoms with Gasteiger partial charge in [0.2, 0.25) is 0 Å².